The van der Waals surface area contributed by atoms with Gasteiger partial charge in [-0.2, -0.15) is 0 Å². The molecule has 5 nitrogen and oxygen atoms in total. The molecule has 0 radical (unpaired) electrons. The van der Waals surface area contributed by atoms with Crippen molar-refractivity contribution in [2.24, 2.45) is 0 Å². The normalized spacial score (nSPS) is 19.1. The zero-order chi connectivity index (χ0) is 23.2. The molecule has 1 saturated heterocycles. The van der Waals surface area contributed by atoms with Crippen LogP contribution >= 0.6 is 12.2 Å². The van der Waals surface area contributed by atoms with Crippen molar-refractivity contribution >= 4 is 52.2 Å². The molecular weight excluding hydrogens is 418 g/mol. The Kier molecular flexibility index (Phi) is 5.51. The molecule has 4 rings (SSSR count). The predicted molar refractivity (Wildman–Crippen MR) is 135 cm³/mol. The molecule has 2 aliphatic rings. The van der Waals surface area contributed by atoms with Gasteiger partial charge >= 0.3 is 0 Å². The van der Waals surface area contributed by atoms with E-state index in [1.165, 1.54) is 16.2 Å². The molecule has 0 bridgehead atoms. The average molecular weight is 446 g/mol. The maximum Gasteiger partial charge on any atom is 0.270 e. The van der Waals surface area contributed by atoms with Gasteiger partial charge in [0, 0.05) is 17.8 Å². The number of hydrogen-bond acceptors (Lipinski definition) is 4. The van der Waals surface area contributed by atoms with Gasteiger partial charge in [0.2, 0.25) is 0 Å². The molecule has 1 fully saturated rings. The van der Waals surface area contributed by atoms with Crippen molar-refractivity contribution in [2.75, 3.05) is 16.3 Å². The van der Waals surface area contributed by atoms with Gasteiger partial charge in [0.15, 0.2) is 5.11 Å². The third-order valence-electron chi connectivity index (χ3n) is 6.10. The highest BCUT2D eigenvalue weighted by Crippen LogP contribution is 2.40. The number of carbonyl (C=O) groups is 2. The summed E-state index contributed by atoms with van der Waals surface area (Å²) in [6.07, 6.45) is 3.94. The zero-order valence-electron chi connectivity index (χ0n) is 19.0. The van der Waals surface area contributed by atoms with E-state index in [2.05, 4.69) is 56.1 Å². The van der Waals surface area contributed by atoms with E-state index >= 15 is 0 Å². The van der Waals surface area contributed by atoms with Crippen LogP contribution in [-0.2, 0) is 9.59 Å². The van der Waals surface area contributed by atoms with Gasteiger partial charge in [-0.15, -0.1) is 0 Å². The van der Waals surface area contributed by atoms with Crippen molar-refractivity contribution in [3.05, 3.63) is 70.8 Å². The van der Waals surface area contributed by atoms with Crippen molar-refractivity contribution in [3.63, 3.8) is 0 Å². The highest BCUT2D eigenvalue weighted by molar-refractivity contribution is 7.80. The summed E-state index contributed by atoms with van der Waals surface area (Å²) in [4.78, 5) is 29.7. The number of fused-ring (bicyclic) bond motifs is 1. The third kappa shape index (κ3) is 3.65. The summed E-state index contributed by atoms with van der Waals surface area (Å²) in [5, 5.41) is 2.74. The minimum absolute atomic E-state index is 0.0654. The van der Waals surface area contributed by atoms with Crippen LogP contribution in [0.25, 0.3) is 11.6 Å². The Morgan fingerprint density at radius 3 is 2.44 bits per heavy atom. The van der Waals surface area contributed by atoms with Crippen LogP contribution in [0.1, 0.15) is 44.4 Å². The molecule has 0 atom stereocenters. The lowest BCUT2D eigenvalue weighted by Gasteiger charge is -2.43. The maximum absolute atomic E-state index is 13.3. The largest absolute Gasteiger partial charge is 0.363 e. The standard InChI is InChI=1S/C26H27N3O2S/c1-6-28-22-12-16(2)18(13-20(22)17(3)15-26(28,4)5)14-21-23(30)27-25(32)29(24(21)31)19-10-8-7-9-11-19/h7-15H,6H2,1-5H3,(H,27,30,32)/b21-14-. The maximum atomic E-state index is 13.3. The molecule has 0 saturated carbocycles. The van der Waals surface area contributed by atoms with E-state index in [9.17, 15) is 9.59 Å². The number of benzene rings is 2. The summed E-state index contributed by atoms with van der Waals surface area (Å²) in [7, 11) is 0. The van der Waals surface area contributed by atoms with Crippen LogP contribution in [0.5, 0.6) is 0 Å². The van der Waals surface area contributed by atoms with Crippen LogP contribution < -0.4 is 15.1 Å². The number of rotatable bonds is 3. The van der Waals surface area contributed by atoms with Gasteiger partial charge in [-0.25, -0.2) is 0 Å². The van der Waals surface area contributed by atoms with Crippen LogP contribution in [0.3, 0.4) is 0 Å². The number of anilines is 2. The molecule has 2 aliphatic heterocycles. The SMILES string of the molecule is CCN1c2cc(C)c(/C=C3/C(=O)NC(=S)N(c4ccccc4)C3=O)cc2C(C)=CC1(C)C. The van der Waals surface area contributed by atoms with Gasteiger partial charge in [0.05, 0.1) is 11.2 Å². The van der Waals surface area contributed by atoms with E-state index in [4.69, 9.17) is 12.2 Å². The molecule has 1 N–H and O–H groups in total. The van der Waals surface area contributed by atoms with E-state index < -0.39 is 11.8 Å². The molecule has 0 spiro atoms. The molecule has 0 aromatic heterocycles. The van der Waals surface area contributed by atoms with Crippen molar-refractivity contribution in [1.82, 2.24) is 5.32 Å². The molecule has 2 heterocycles. The number of carbonyl (C=O) groups excluding carboxylic acids is 2. The Bertz CT molecular complexity index is 1200. The fourth-order valence-corrected chi connectivity index (χ4v) is 4.88. The van der Waals surface area contributed by atoms with Gasteiger partial charge in [0.25, 0.3) is 11.8 Å². The van der Waals surface area contributed by atoms with Gasteiger partial charge in [-0.1, -0.05) is 24.3 Å². The molecular formula is C26H27N3O2S. The second-order valence-electron chi connectivity index (χ2n) is 8.74. The lowest BCUT2D eigenvalue weighted by atomic mass is 9.86. The fraction of sp³-hybridized carbons (Fsp3) is 0.269. The highest BCUT2D eigenvalue weighted by atomic mass is 32.1. The number of para-hydroxylation sites is 1. The summed E-state index contributed by atoms with van der Waals surface area (Å²) >= 11 is 5.28. The fourth-order valence-electron chi connectivity index (χ4n) is 4.60. The minimum Gasteiger partial charge on any atom is -0.363 e. The number of aryl methyl sites for hydroxylation is 1. The van der Waals surface area contributed by atoms with E-state index in [1.54, 1.807) is 18.2 Å². The lowest BCUT2D eigenvalue weighted by molar-refractivity contribution is -0.122. The molecule has 164 valence electrons. The van der Waals surface area contributed by atoms with Crippen LogP contribution in [0.4, 0.5) is 11.4 Å². The molecule has 32 heavy (non-hydrogen) atoms. The second-order valence-corrected chi connectivity index (χ2v) is 9.13. The smallest absolute Gasteiger partial charge is 0.270 e. The topological polar surface area (TPSA) is 52.7 Å². The highest BCUT2D eigenvalue weighted by Gasteiger charge is 2.35. The molecule has 0 unspecified atom stereocenters. The van der Waals surface area contributed by atoms with Crippen molar-refractivity contribution < 1.29 is 9.59 Å². The van der Waals surface area contributed by atoms with E-state index in [1.807, 2.05) is 25.1 Å². The summed E-state index contributed by atoms with van der Waals surface area (Å²) in [6, 6.07) is 13.3. The number of allylic oxidation sites excluding steroid dienone is 1. The van der Waals surface area contributed by atoms with Crippen LogP contribution in [0, 0.1) is 6.92 Å². The van der Waals surface area contributed by atoms with Gasteiger partial charge < -0.3 is 4.90 Å². The predicted octanol–water partition coefficient (Wildman–Crippen LogP) is 4.85. The lowest BCUT2D eigenvalue weighted by Crippen LogP contribution is -2.54. The molecule has 0 aliphatic carbocycles. The van der Waals surface area contributed by atoms with Crippen molar-refractivity contribution in [3.8, 4) is 0 Å². The van der Waals surface area contributed by atoms with E-state index in [-0.39, 0.29) is 16.2 Å². The Labute approximate surface area is 194 Å². The number of likely N-dealkylation sites (N-methyl/N-ethyl adjacent to an activating group) is 1. The Morgan fingerprint density at radius 2 is 1.78 bits per heavy atom. The van der Waals surface area contributed by atoms with Crippen molar-refractivity contribution in [1.29, 1.82) is 0 Å². The van der Waals surface area contributed by atoms with Gasteiger partial charge in [0.1, 0.15) is 5.57 Å². The number of hydrogen-bond donors (Lipinski definition) is 1. The minimum atomic E-state index is -0.479. The van der Waals surface area contributed by atoms with Gasteiger partial charge in [-0.05, 0) is 93.9 Å². The summed E-state index contributed by atoms with van der Waals surface area (Å²) < 4.78 is 0. The monoisotopic (exact) mass is 445 g/mol. The second kappa shape index (κ2) is 8.02. The number of nitrogens with zero attached hydrogens (tertiary/aromatic N) is 2. The summed E-state index contributed by atoms with van der Waals surface area (Å²) in [5.74, 6) is -0.904. The number of thiocarbonyl (C=S) groups is 1. The summed E-state index contributed by atoms with van der Waals surface area (Å²) in [6.45, 7) is 11.6. The van der Waals surface area contributed by atoms with E-state index in [0.717, 1.165) is 23.2 Å². The van der Waals surface area contributed by atoms with Crippen LogP contribution in [0.2, 0.25) is 0 Å². The number of nitrogens with one attached hydrogen (secondary N) is 1. The van der Waals surface area contributed by atoms with E-state index in [0.29, 0.717) is 5.69 Å². The molecule has 6 heteroatoms. The molecule has 2 aromatic rings. The van der Waals surface area contributed by atoms with Crippen molar-refractivity contribution in [2.45, 2.75) is 40.2 Å². The average Bonchev–Trinajstić information content (AvgIpc) is 2.72. The first-order valence-corrected chi connectivity index (χ1v) is 11.1. The molecule has 2 aromatic carbocycles. The molecule has 2 amide bonds. The third-order valence-corrected chi connectivity index (χ3v) is 6.38. The van der Waals surface area contributed by atoms with Crippen LogP contribution in [-0.4, -0.2) is 29.0 Å². The summed E-state index contributed by atoms with van der Waals surface area (Å²) in [5.41, 5.74) is 5.91. The van der Waals surface area contributed by atoms with Gasteiger partial charge in [-0.3, -0.25) is 19.8 Å². The first-order chi connectivity index (χ1) is 15.1. The Morgan fingerprint density at radius 1 is 1.09 bits per heavy atom. The van der Waals surface area contributed by atoms with Crippen LogP contribution in [0.15, 0.2) is 54.1 Å². The number of amides is 2. The Balaban J connectivity index is 1.80. The Hall–Kier alpha value is -3.25. The first-order valence-electron chi connectivity index (χ1n) is 10.7. The quantitative estimate of drug-likeness (QED) is 0.417. The zero-order valence-corrected chi connectivity index (χ0v) is 19.8. The first kappa shape index (κ1) is 22.0.